The molecule has 1 aromatic heterocycles. The zero-order chi connectivity index (χ0) is 22.0. The molecule has 2 aromatic carbocycles. The fourth-order valence-corrected chi connectivity index (χ4v) is 3.83. The molecule has 3 aromatic rings. The number of fused-ring (bicyclic) bond motifs is 1. The third-order valence-corrected chi connectivity index (χ3v) is 5.59. The Bertz CT molecular complexity index is 1090. The fraction of sp³-hybridized carbons (Fsp3) is 0.333. The van der Waals surface area contributed by atoms with Crippen molar-refractivity contribution in [1.29, 1.82) is 0 Å². The number of hydrogen-bond donors (Lipinski definition) is 0. The highest BCUT2D eigenvalue weighted by Gasteiger charge is 2.25. The van der Waals surface area contributed by atoms with Gasteiger partial charge in [0.05, 0.1) is 32.9 Å². The molecule has 0 fully saturated rings. The number of amides is 1. The van der Waals surface area contributed by atoms with Gasteiger partial charge in [-0.2, -0.15) is 0 Å². The molecule has 31 heavy (non-hydrogen) atoms. The maximum absolute atomic E-state index is 13.1. The molecule has 0 unspecified atom stereocenters. The van der Waals surface area contributed by atoms with Crippen LogP contribution in [0.1, 0.15) is 22.6 Å². The van der Waals surface area contributed by atoms with E-state index in [0.717, 1.165) is 33.7 Å². The molecule has 0 saturated carbocycles. The minimum absolute atomic E-state index is 0.0107. The number of methoxy groups -OCH3 is 2. The van der Waals surface area contributed by atoms with E-state index < -0.39 is 0 Å². The van der Waals surface area contributed by atoms with Crippen LogP contribution in [0.3, 0.4) is 0 Å². The van der Waals surface area contributed by atoms with E-state index in [1.54, 1.807) is 14.2 Å². The second kappa shape index (κ2) is 8.71. The number of nitrogens with zero attached hydrogens (tertiary/aromatic N) is 2. The van der Waals surface area contributed by atoms with Crippen LogP contribution in [0, 0.1) is 13.8 Å². The van der Waals surface area contributed by atoms with Gasteiger partial charge in [0.15, 0.2) is 11.5 Å². The van der Waals surface area contributed by atoms with Crippen LogP contribution in [0.25, 0.3) is 11.1 Å². The summed E-state index contributed by atoms with van der Waals surface area (Å²) in [6.45, 7) is 5.01. The van der Waals surface area contributed by atoms with Gasteiger partial charge >= 0.3 is 0 Å². The lowest BCUT2D eigenvalue weighted by atomic mass is 10.0. The van der Waals surface area contributed by atoms with Crippen molar-refractivity contribution < 1.29 is 23.5 Å². The third kappa shape index (κ3) is 4.21. The molecule has 1 aliphatic rings. The number of aromatic nitrogens is 1. The highest BCUT2D eigenvalue weighted by Crippen LogP contribution is 2.39. The average Bonchev–Trinajstić information content (AvgIpc) is 2.98. The zero-order valence-electron chi connectivity index (χ0n) is 18.2. The molecule has 0 radical (unpaired) electrons. The predicted octanol–water partition coefficient (Wildman–Crippen LogP) is 3.94. The lowest BCUT2D eigenvalue weighted by Gasteiger charge is -2.20. The summed E-state index contributed by atoms with van der Waals surface area (Å²) >= 11 is 0. The van der Waals surface area contributed by atoms with Crippen molar-refractivity contribution in [2.75, 3.05) is 27.4 Å². The number of rotatable bonds is 5. The van der Waals surface area contributed by atoms with Crippen molar-refractivity contribution in [2.24, 2.45) is 0 Å². The molecular weight excluding hydrogens is 396 g/mol. The molecule has 0 saturated heterocycles. The zero-order valence-corrected chi connectivity index (χ0v) is 18.2. The van der Waals surface area contributed by atoms with E-state index in [9.17, 15) is 4.79 Å². The second-order valence-electron chi connectivity index (χ2n) is 7.54. The highest BCUT2D eigenvalue weighted by atomic mass is 16.5. The monoisotopic (exact) mass is 422 g/mol. The normalized spacial score (nSPS) is 13.2. The third-order valence-electron chi connectivity index (χ3n) is 5.59. The van der Waals surface area contributed by atoms with Gasteiger partial charge in [-0.3, -0.25) is 4.79 Å². The van der Waals surface area contributed by atoms with Crippen molar-refractivity contribution in [3.8, 4) is 28.4 Å². The number of ether oxygens (including phenoxy) is 3. The largest absolute Gasteiger partial charge is 0.497 e. The maximum Gasteiger partial charge on any atom is 0.227 e. The van der Waals surface area contributed by atoms with Gasteiger partial charge in [0, 0.05) is 17.7 Å². The van der Waals surface area contributed by atoms with E-state index in [4.69, 9.17) is 18.7 Å². The van der Waals surface area contributed by atoms with Crippen LogP contribution in [0.4, 0.5) is 0 Å². The van der Waals surface area contributed by atoms with Gasteiger partial charge in [-0.1, -0.05) is 17.3 Å². The summed E-state index contributed by atoms with van der Waals surface area (Å²) in [6.07, 6.45) is 0.253. The smallest absolute Gasteiger partial charge is 0.227 e. The molecule has 0 N–H and O–H groups in total. The molecule has 0 aliphatic carbocycles. The molecule has 162 valence electrons. The van der Waals surface area contributed by atoms with Crippen LogP contribution >= 0.6 is 0 Å². The van der Waals surface area contributed by atoms with Crippen LogP contribution in [-0.4, -0.2) is 43.3 Å². The Morgan fingerprint density at radius 2 is 1.97 bits per heavy atom. The number of hydrogen-bond acceptors (Lipinski definition) is 6. The first-order chi connectivity index (χ1) is 15.0. The summed E-state index contributed by atoms with van der Waals surface area (Å²) in [5.41, 5.74) is 4.47. The molecule has 0 bridgehead atoms. The summed E-state index contributed by atoms with van der Waals surface area (Å²) < 4.78 is 22.2. The van der Waals surface area contributed by atoms with E-state index >= 15 is 0 Å². The van der Waals surface area contributed by atoms with Crippen molar-refractivity contribution in [3.05, 3.63) is 59.0 Å². The van der Waals surface area contributed by atoms with Gasteiger partial charge < -0.3 is 23.6 Å². The summed E-state index contributed by atoms with van der Waals surface area (Å²) in [6, 6.07) is 11.8. The van der Waals surface area contributed by atoms with Gasteiger partial charge in [-0.05, 0) is 49.2 Å². The molecule has 0 spiro atoms. The first kappa shape index (κ1) is 20.8. The Morgan fingerprint density at radius 3 is 2.68 bits per heavy atom. The maximum atomic E-state index is 13.1. The molecule has 4 rings (SSSR count). The van der Waals surface area contributed by atoms with E-state index in [0.29, 0.717) is 37.0 Å². The predicted molar refractivity (Wildman–Crippen MR) is 116 cm³/mol. The number of aryl methyl sites for hydroxylation is 2. The van der Waals surface area contributed by atoms with Gasteiger partial charge in [0.1, 0.15) is 18.1 Å². The topological polar surface area (TPSA) is 74.0 Å². The molecule has 2 heterocycles. The van der Waals surface area contributed by atoms with Gasteiger partial charge in [-0.25, -0.2) is 0 Å². The van der Waals surface area contributed by atoms with Gasteiger partial charge in [0.2, 0.25) is 5.91 Å². The highest BCUT2D eigenvalue weighted by molar-refractivity contribution is 5.80. The van der Waals surface area contributed by atoms with E-state index in [-0.39, 0.29) is 12.3 Å². The van der Waals surface area contributed by atoms with Crippen LogP contribution in [0.15, 0.2) is 40.9 Å². The van der Waals surface area contributed by atoms with Crippen LogP contribution in [0.2, 0.25) is 0 Å². The number of carbonyl (C=O) groups is 1. The van der Waals surface area contributed by atoms with Crippen molar-refractivity contribution >= 4 is 5.91 Å². The first-order valence-electron chi connectivity index (χ1n) is 10.2. The van der Waals surface area contributed by atoms with E-state index in [2.05, 4.69) is 5.16 Å². The van der Waals surface area contributed by atoms with E-state index in [1.807, 2.05) is 55.1 Å². The van der Waals surface area contributed by atoms with E-state index in [1.165, 1.54) is 0 Å². The summed E-state index contributed by atoms with van der Waals surface area (Å²) in [7, 11) is 3.27. The Kier molecular flexibility index (Phi) is 5.84. The van der Waals surface area contributed by atoms with Gasteiger partial charge in [-0.15, -0.1) is 0 Å². The Hall–Kier alpha value is -3.48. The van der Waals surface area contributed by atoms with Crippen LogP contribution < -0.4 is 14.2 Å². The Balaban J connectivity index is 1.66. The average molecular weight is 422 g/mol. The van der Waals surface area contributed by atoms with Gasteiger partial charge in [0.25, 0.3) is 0 Å². The minimum atomic E-state index is 0.0107. The second-order valence-corrected chi connectivity index (χ2v) is 7.54. The lowest BCUT2D eigenvalue weighted by Crippen LogP contribution is -2.33. The molecule has 7 nitrogen and oxygen atoms in total. The molecule has 1 amide bonds. The molecule has 0 atom stereocenters. The Labute approximate surface area is 181 Å². The van der Waals surface area contributed by atoms with Crippen LogP contribution in [-0.2, 0) is 17.8 Å². The fourth-order valence-electron chi connectivity index (χ4n) is 3.83. The quantitative estimate of drug-likeness (QED) is 0.620. The number of benzene rings is 2. The minimum Gasteiger partial charge on any atom is -0.497 e. The van der Waals surface area contributed by atoms with Crippen molar-refractivity contribution in [1.82, 2.24) is 10.1 Å². The SMILES string of the molecule is COc1cccc(-c2cc3c(c(OC)c2)OCCN(C(=O)Cc2c(C)noc2C)C3)c1. The summed E-state index contributed by atoms with van der Waals surface area (Å²) in [5, 5.41) is 3.95. The molecule has 1 aliphatic heterocycles. The Morgan fingerprint density at radius 1 is 1.13 bits per heavy atom. The lowest BCUT2D eigenvalue weighted by molar-refractivity contribution is -0.131. The summed E-state index contributed by atoms with van der Waals surface area (Å²) in [4.78, 5) is 14.9. The standard InChI is InChI=1S/C24H26N2O5/c1-15-21(16(2)31-25-15)13-23(27)26-8-9-30-24-19(14-26)10-18(12-22(24)29-4)17-6-5-7-20(11-17)28-3/h5-7,10-12H,8-9,13-14H2,1-4H3. The summed E-state index contributed by atoms with van der Waals surface area (Å²) in [5.74, 6) is 2.80. The first-order valence-corrected chi connectivity index (χ1v) is 10.2. The molecular formula is C24H26N2O5. The van der Waals surface area contributed by atoms with Crippen LogP contribution in [0.5, 0.6) is 17.2 Å². The molecule has 7 heteroatoms. The number of carbonyl (C=O) groups excluding carboxylic acids is 1. The van der Waals surface area contributed by atoms with Crippen molar-refractivity contribution in [2.45, 2.75) is 26.8 Å². The van der Waals surface area contributed by atoms with Crippen molar-refractivity contribution in [3.63, 3.8) is 0 Å².